The van der Waals surface area contributed by atoms with Crippen molar-refractivity contribution in [2.75, 3.05) is 66.0 Å². The van der Waals surface area contributed by atoms with Crippen LogP contribution in [0.4, 0.5) is 0 Å². The quantitative estimate of drug-likeness (QED) is 0.0177. The highest BCUT2D eigenvalue weighted by molar-refractivity contribution is 7.74. The number of rotatable bonds is 31. The van der Waals surface area contributed by atoms with Crippen LogP contribution in [0.5, 0.6) is 0 Å². The zero-order valence-electron chi connectivity index (χ0n) is 29.9. The smallest absolute Gasteiger partial charge is 0.379 e. The van der Waals surface area contributed by atoms with Gasteiger partial charge in [-0.2, -0.15) is 0 Å². The van der Waals surface area contributed by atoms with Gasteiger partial charge in [0, 0.05) is 32.6 Å². The summed E-state index contributed by atoms with van der Waals surface area (Å²) in [5, 5.41) is 14.8. The Morgan fingerprint density at radius 3 is 1.28 bits per heavy atom. The Hall–Kier alpha value is -2.26. The summed E-state index contributed by atoms with van der Waals surface area (Å²) in [6.45, 7) is 1.77. The second kappa shape index (κ2) is 25.4. The fourth-order valence-corrected chi connectivity index (χ4v) is 7.86. The van der Waals surface area contributed by atoms with Crippen LogP contribution in [0, 0.1) is 0 Å². The topological polar surface area (TPSA) is 455 Å². The standard InChI is InChI=1S/C25H47N3O25P4/c29-6-1-2-7-49-10-12-51-14-15-52-13-11-50-9-5-26-19(30)4-3-8-53-18(16-20(31)27-22(33)24(35,54(37,38)39)55(40,41)42)17-21(32)28-23(34)25(36,56(43,44)45)57(46,47)48/h6,18,35-36H,1-5,7-17H2,(H,26,30)(H,27,31,33)(H,28,32,34)(H2,37,38,39)(H2,40,41,42)(H2,43,44,45)(H2,46,47,48). The van der Waals surface area contributed by atoms with Crippen LogP contribution in [0.2, 0.25) is 0 Å². The zero-order valence-corrected chi connectivity index (χ0v) is 33.4. The third kappa shape index (κ3) is 19.1. The van der Waals surface area contributed by atoms with Gasteiger partial charge in [-0.05, 0) is 12.8 Å². The molecule has 0 fully saturated rings. The predicted molar refractivity (Wildman–Crippen MR) is 184 cm³/mol. The van der Waals surface area contributed by atoms with E-state index in [9.17, 15) is 96.4 Å². The average molecular weight is 914 g/mol. The molecule has 0 rings (SSSR count). The highest BCUT2D eigenvalue weighted by Gasteiger charge is 2.67. The normalized spacial score (nSPS) is 13.0. The summed E-state index contributed by atoms with van der Waals surface area (Å²) in [5.74, 6) is -9.24. The minimum atomic E-state index is -6.42. The number of aldehydes is 1. The van der Waals surface area contributed by atoms with Gasteiger partial charge in [0.1, 0.15) is 6.29 Å². The van der Waals surface area contributed by atoms with E-state index in [1.54, 1.807) is 0 Å². The third-order valence-electron chi connectivity index (χ3n) is 6.76. The molecule has 0 saturated carbocycles. The number of carbonyl (C=O) groups excluding carboxylic acids is 6. The van der Waals surface area contributed by atoms with Crippen molar-refractivity contribution in [1.29, 1.82) is 0 Å². The Morgan fingerprint density at radius 2 is 0.912 bits per heavy atom. The van der Waals surface area contributed by atoms with Gasteiger partial charge in [-0.3, -0.25) is 52.9 Å². The maximum Gasteiger partial charge on any atom is 0.379 e. The molecule has 0 unspecified atom stereocenters. The van der Waals surface area contributed by atoms with Gasteiger partial charge >= 0.3 is 40.5 Å². The molecule has 332 valence electrons. The lowest BCUT2D eigenvalue weighted by Gasteiger charge is -2.28. The number of amides is 5. The first kappa shape index (κ1) is 54.7. The van der Waals surface area contributed by atoms with E-state index in [1.807, 2.05) is 0 Å². The summed E-state index contributed by atoms with van der Waals surface area (Å²) >= 11 is 0. The molecule has 0 aromatic heterocycles. The van der Waals surface area contributed by atoms with E-state index in [4.69, 9.17) is 23.7 Å². The van der Waals surface area contributed by atoms with E-state index in [1.165, 1.54) is 0 Å². The molecule has 57 heavy (non-hydrogen) atoms. The number of aliphatic hydroxyl groups is 2. The number of nitrogens with one attached hydrogen (secondary N) is 3. The second-order valence-corrected chi connectivity index (χ2v) is 19.0. The molecule has 0 radical (unpaired) electrons. The lowest BCUT2D eigenvalue weighted by atomic mass is 10.1. The van der Waals surface area contributed by atoms with Crippen molar-refractivity contribution in [3.63, 3.8) is 0 Å². The van der Waals surface area contributed by atoms with Crippen molar-refractivity contribution in [3.8, 4) is 0 Å². The molecule has 0 bridgehead atoms. The van der Waals surface area contributed by atoms with E-state index in [0.29, 0.717) is 39.3 Å². The highest BCUT2D eigenvalue weighted by atomic mass is 31.2. The van der Waals surface area contributed by atoms with E-state index in [-0.39, 0.29) is 45.8 Å². The van der Waals surface area contributed by atoms with Crippen LogP contribution < -0.4 is 16.0 Å². The first-order valence-corrected chi connectivity index (χ1v) is 22.6. The van der Waals surface area contributed by atoms with Gasteiger partial charge in [0.05, 0.1) is 65.2 Å². The lowest BCUT2D eigenvalue weighted by molar-refractivity contribution is -0.138. The Kier molecular flexibility index (Phi) is 24.4. The minimum Gasteiger partial charge on any atom is -0.379 e. The Bertz CT molecular complexity index is 1410. The molecule has 5 amide bonds. The van der Waals surface area contributed by atoms with E-state index in [2.05, 4.69) is 5.32 Å². The largest absolute Gasteiger partial charge is 0.379 e. The molecule has 0 atom stereocenters. The summed E-state index contributed by atoms with van der Waals surface area (Å²) in [6.07, 6.45) is -3.06. The molecular weight excluding hydrogens is 866 g/mol. The molecule has 32 heteroatoms. The molecule has 0 aromatic rings. The van der Waals surface area contributed by atoms with Crippen LogP contribution >= 0.6 is 30.4 Å². The number of unbranched alkanes of at least 4 members (excludes halogenated alkanes) is 1. The molecule has 0 aromatic carbocycles. The van der Waals surface area contributed by atoms with Gasteiger partial charge in [-0.1, -0.05) is 0 Å². The van der Waals surface area contributed by atoms with E-state index in [0.717, 1.165) is 16.9 Å². The molecule has 0 aliphatic heterocycles. The Labute approximate surface area is 322 Å². The number of ether oxygens (including phenoxy) is 5. The average Bonchev–Trinajstić information content (AvgIpc) is 3.06. The monoisotopic (exact) mass is 913 g/mol. The van der Waals surface area contributed by atoms with Crippen LogP contribution in [0.3, 0.4) is 0 Å². The summed E-state index contributed by atoms with van der Waals surface area (Å²) in [5.41, 5.74) is 0. The summed E-state index contributed by atoms with van der Waals surface area (Å²) in [4.78, 5) is 145. The summed E-state index contributed by atoms with van der Waals surface area (Å²) in [7, 11) is -25.7. The minimum absolute atomic E-state index is 0.0474. The van der Waals surface area contributed by atoms with Crippen LogP contribution in [-0.4, -0.2) is 167 Å². The summed E-state index contributed by atoms with van der Waals surface area (Å²) in [6, 6.07) is 0. The lowest BCUT2D eigenvalue weighted by Crippen LogP contribution is -2.50. The first-order valence-electron chi connectivity index (χ1n) is 16.2. The van der Waals surface area contributed by atoms with Crippen molar-refractivity contribution in [2.45, 2.75) is 54.8 Å². The molecule has 0 heterocycles. The van der Waals surface area contributed by atoms with Crippen molar-refractivity contribution in [3.05, 3.63) is 0 Å². The van der Waals surface area contributed by atoms with Gasteiger partial charge in [-0.25, -0.2) is 0 Å². The van der Waals surface area contributed by atoms with Gasteiger partial charge in [0.2, 0.25) is 17.7 Å². The molecule has 13 N–H and O–H groups in total. The molecule has 0 saturated heterocycles. The molecule has 0 aliphatic rings. The Balaban J connectivity index is 5.11. The molecule has 0 spiro atoms. The predicted octanol–water partition coefficient (Wildman–Crippen LogP) is -4.62. The van der Waals surface area contributed by atoms with Crippen LogP contribution in [0.15, 0.2) is 0 Å². The second-order valence-electron chi connectivity index (χ2n) is 11.3. The van der Waals surface area contributed by atoms with Crippen LogP contribution in [-0.2, 0) is 70.7 Å². The maximum atomic E-state index is 12.5. The number of hydrogen-bond acceptors (Lipinski definition) is 17. The fourth-order valence-electron chi connectivity index (χ4n) is 3.86. The highest BCUT2D eigenvalue weighted by Crippen LogP contribution is 2.68. The van der Waals surface area contributed by atoms with Gasteiger partial charge in [0.25, 0.3) is 11.8 Å². The summed E-state index contributed by atoms with van der Waals surface area (Å²) < 4.78 is 72.5. The van der Waals surface area contributed by atoms with Crippen molar-refractivity contribution in [2.24, 2.45) is 0 Å². The third-order valence-corrected chi connectivity index (χ3v) is 14.0. The van der Waals surface area contributed by atoms with Gasteiger partial charge in [0.15, 0.2) is 0 Å². The number of hydrogen-bond donors (Lipinski definition) is 13. The maximum absolute atomic E-state index is 12.5. The van der Waals surface area contributed by atoms with Crippen molar-refractivity contribution >= 4 is 66.2 Å². The van der Waals surface area contributed by atoms with Crippen LogP contribution in [0.1, 0.15) is 38.5 Å². The molecule has 28 nitrogen and oxygen atoms in total. The Morgan fingerprint density at radius 1 is 0.544 bits per heavy atom. The fraction of sp³-hybridized carbons (Fsp3) is 0.760. The van der Waals surface area contributed by atoms with Crippen molar-refractivity contribution < 1.29 is 120 Å². The SMILES string of the molecule is O=CCCCOCCOCCOCCOCCNC(=O)CCCOC(CC(=O)NC(=O)C(O)(P(=O)(O)O)P(=O)(O)O)CC(=O)NC(=O)C(O)(P(=O)(O)O)P(=O)(O)O. The molecular formula is C25H47N3O25P4. The van der Waals surface area contributed by atoms with Gasteiger partial charge in [-0.15, -0.1) is 0 Å². The number of imide groups is 2. The van der Waals surface area contributed by atoms with Crippen molar-refractivity contribution in [1.82, 2.24) is 16.0 Å². The van der Waals surface area contributed by atoms with Gasteiger partial charge < -0.3 is 83.2 Å². The van der Waals surface area contributed by atoms with E-state index >= 15 is 0 Å². The zero-order chi connectivity index (χ0) is 44.1. The van der Waals surface area contributed by atoms with E-state index < -0.39 is 95.6 Å². The number of carbonyl (C=O) groups is 6. The first-order chi connectivity index (χ1) is 26.2. The van der Waals surface area contributed by atoms with Crippen LogP contribution in [0.25, 0.3) is 0 Å². The molecule has 0 aliphatic carbocycles.